The Balaban J connectivity index is 2.19. The summed E-state index contributed by atoms with van der Waals surface area (Å²) in [4.78, 5) is 11.5. The Labute approximate surface area is 96.5 Å². The molecular weight excluding hydrogens is 214 g/mol. The molecule has 1 N–H and O–H groups in total. The highest BCUT2D eigenvalue weighted by molar-refractivity contribution is 6.18. The number of amides is 1. The first kappa shape index (κ1) is 12.8. The van der Waals surface area contributed by atoms with Crippen LogP contribution in [0.15, 0.2) is 0 Å². The molecule has 1 amide bonds. The van der Waals surface area contributed by atoms with Crippen LogP contribution in [-0.4, -0.2) is 31.0 Å². The van der Waals surface area contributed by atoms with Gasteiger partial charge in [0.1, 0.15) is 6.61 Å². The molecule has 0 radical (unpaired) electrons. The molecule has 3 nitrogen and oxygen atoms in total. The molecule has 0 saturated heterocycles. The zero-order valence-corrected chi connectivity index (χ0v) is 10.1. The van der Waals surface area contributed by atoms with E-state index in [0.717, 1.165) is 25.7 Å². The smallest absolute Gasteiger partial charge is 0.246 e. The van der Waals surface area contributed by atoms with Gasteiger partial charge in [0.15, 0.2) is 0 Å². The normalized spacial score (nSPS) is 25.5. The van der Waals surface area contributed by atoms with Gasteiger partial charge < -0.3 is 10.1 Å². The van der Waals surface area contributed by atoms with Crippen molar-refractivity contribution in [3.05, 3.63) is 0 Å². The summed E-state index contributed by atoms with van der Waals surface area (Å²) in [5.41, 5.74) is 0. The number of rotatable bonds is 6. The molecule has 4 heteroatoms. The number of carbonyl (C=O) groups excluding carboxylic acids is 1. The number of hydrogen-bond donors (Lipinski definition) is 1. The number of nitrogens with one attached hydrogen (secondary N) is 1. The first-order valence-electron chi connectivity index (χ1n) is 5.71. The summed E-state index contributed by atoms with van der Waals surface area (Å²) < 4.78 is 5.18. The Kier molecular flexibility index (Phi) is 6.03. The molecule has 0 bridgehead atoms. The Hall–Kier alpha value is -0.280. The fraction of sp³-hybridized carbons (Fsp3) is 0.909. The van der Waals surface area contributed by atoms with Crippen molar-refractivity contribution in [1.29, 1.82) is 0 Å². The second kappa shape index (κ2) is 7.07. The van der Waals surface area contributed by atoms with Crippen LogP contribution in [0.2, 0.25) is 0 Å². The fourth-order valence-corrected chi connectivity index (χ4v) is 2.34. The van der Waals surface area contributed by atoms with Crippen molar-refractivity contribution >= 4 is 17.5 Å². The summed E-state index contributed by atoms with van der Waals surface area (Å²) in [7, 11) is 0. The van der Waals surface area contributed by atoms with Crippen molar-refractivity contribution in [2.75, 3.05) is 19.1 Å². The van der Waals surface area contributed by atoms with Gasteiger partial charge >= 0.3 is 0 Å². The van der Waals surface area contributed by atoms with Gasteiger partial charge in [0.25, 0.3) is 0 Å². The van der Waals surface area contributed by atoms with Crippen LogP contribution in [0.5, 0.6) is 0 Å². The Morgan fingerprint density at radius 3 is 3.00 bits per heavy atom. The van der Waals surface area contributed by atoms with E-state index in [0.29, 0.717) is 18.4 Å². The summed E-state index contributed by atoms with van der Waals surface area (Å²) >= 11 is 5.83. The molecule has 1 saturated carbocycles. The highest BCUT2D eigenvalue weighted by Crippen LogP contribution is 2.26. The average molecular weight is 234 g/mol. The third-order valence-corrected chi connectivity index (χ3v) is 3.18. The summed E-state index contributed by atoms with van der Waals surface area (Å²) in [6.07, 6.45) is 4.29. The molecule has 0 aromatic heterocycles. The second-order valence-corrected chi connectivity index (χ2v) is 4.38. The van der Waals surface area contributed by atoms with Gasteiger partial charge in [-0.1, -0.05) is 13.3 Å². The molecule has 1 rings (SSSR count). The summed E-state index contributed by atoms with van der Waals surface area (Å²) in [5, 5.41) is 2.99. The van der Waals surface area contributed by atoms with Gasteiger partial charge in [0.05, 0.1) is 0 Å². The van der Waals surface area contributed by atoms with E-state index >= 15 is 0 Å². The number of ether oxygens (including phenoxy) is 1. The van der Waals surface area contributed by atoms with Crippen LogP contribution in [0, 0.1) is 5.92 Å². The van der Waals surface area contributed by atoms with Crippen LogP contribution in [0.3, 0.4) is 0 Å². The lowest BCUT2D eigenvalue weighted by Gasteiger charge is -2.18. The second-order valence-electron chi connectivity index (χ2n) is 4.07. The van der Waals surface area contributed by atoms with Crippen molar-refractivity contribution < 1.29 is 9.53 Å². The molecule has 1 aliphatic rings. The molecule has 0 aliphatic heterocycles. The standard InChI is InChI=1S/C11H20ClNO2/c1-2-6-15-8-11(14)13-10-5-3-4-9(10)7-12/h9-10H,2-8H2,1H3,(H,13,14). The number of alkyl halides is 1. The van der Waals surface area contributed by atoms with Gasteiger partial charge in [0, 0.05) is 18.5 Å². The molecule has 2 atom stereocenters. The van der Waals surface area contributed by atoms with E-state index in [1.54, 1.807) is 0 Å². The summed E-state index contributed by atoms with van der Waals surface area (Å²) in [6.45, 7) is 2.86. The Morgan fingerprint density at radius 2 is 2.33 bits per heavy atom. The van der Waals surface area contributed by atoms with Crippen LogP contribution < -0.4 is 5.32 Å². The molecule has 0 aromatic carbocycles. The van der Waals surface area contributed by atoms with Gasteiger partial charge in [0.2, 0.25) is 5.91 Å². The van der Waals surface area contributed by atoms with Crippen LogP contribution in [0.4, 0.5) is 0 Å². The number of hydrogen-bond acceptors (Lipinski definition) is 2. The van der Waals surface area contributed by atoms with Crippen molar-refractivity contribution in [3.63, 3.8) is 0 Å². The lowest BCUT2D eigenvalue weighted by Crippen LogP contribution is -2.39. The average Bonchev–Trinajstić information content (AvgIpc) is 2.65. The van der Waals surface area contributed by atoms with Crippen molar-refractivity contribution in [3.8, 4) is 0 Å². The third kappa shape index (κ3) is 4.39. The largest absolute Gasteiger partial charge is 0.372 e. The third-order valence-electron chi connectivity index (χ3n) is 2.79. The lowest BCUT2D eigenvalue weighted by molar-refractivity contribution is -0.126. The predicted molar refractivity (Wildman–Crippen MR) is 61.1 cm³/mol. The number of halogens is 1. The maximum Gasteiger partial charge on any atom is 0.246 e. The van der Waals surface area contributed by atoms with Crippen LogP contribution >= 0.6 is 11.6 Å². The first-order chi connectivity index (χ1) is 7.27. The van der Waals surface area contributed by atoms with E-state index < -0.39 is 0 Å². The molecule has 15 heavy (non-hydrogen) atoms. The van der Waals surface area contributed by atoms with Crippen molar-refractivity contribution in [2.45, 2.75) is 38.6 Å². The van der Waals surface area contributed by atoms with Gasteiger partial charge in [-0.2, -0.15) is 0 Å². The SMILES string of the molecule is CCCOCC(=O)NC1CCCC1CCl. The van der Waals surface area contributed by atoms with Crippen LogP contribution in [0.25, 0.3) is 0 Å². The monoisotopic (exact) mass is 233 g/mol. The minimum absolute atomic E-state index is 0.00883. The Bertz CT molecular complexity index is 199. The maximum atomic E-state index is 11.5. The quantitative estimate of drug-likeness (QED) is 0.563. The maximum absolute atomic E-state index is 11.5. The topological polar surface area (TPSA) is 38.3 Å². The zero-order valence-electron chi connectivity index (χ0n) is 9.30. The van der Waals surface area contributed by atoms with Crippen molar-refractivity contribution in [2.24, 2.45) is 5.92 Å². The van der Waals surface area contributed by atoms with Crippen molar-refractivity contribution in [1.82, 2.24) is 5.32 Å². The first-order valence-corrected chi connectivity index (χ1v) is 6.24. The minimum atomic E-state index is -0.00883. The summed E-state index contributed by atoms with van der Waals surface area (Å²) in [5.74, 6) is 1.08. The molecule has 0 heterocycles. The predicted octanol–water partition coefficient (Wildman–Crippen LogP) is 1.94. The van der Waals surface area contributed by atoms with Gasteiger partial charge in [-0.15, -0.1) is 11.6 Å². The zero-order chi connectivity index (χ0) is 11.1. The van der Waals surface area contributed by atoms with E-state index in [2.05, 4.69) is 5.32 Å². The van der Waals surface area contributed by atoms with E-state index in [1.807, 2.05) is 6.92 Å². The lowest BCUT2D eigenvalue weighted by atomic mass is 10.1. The van der Waals surface area contributed by atoms with Gasteiger partial charge in [-0.05, 0) is 25.2 Å². The van der Waals surface area contributed by atoms with Crippen LogP contribution in [0.1, 0.15) is 32.6 Å². The molecule has 0 spiro atoms. The molecule has 1 aliphatic carbocycles. The Morgan fingerprint density at radius 1 is 1.53 bits per heavy atom. The van der Waals surface area contributed by atoms with E-state index in [9.17, 15) is 4.79 Å². The molecular formula is C11H20ClNO2. The van der Waals surface area contributed by atoms with Gasteiger partial charge in [-0.3, -0.25) is 4.79 Å². The minimum Gasteiger partial charge on any atom is -0.372 e. The summed E-state index contributed by atoms with van der Waals surface area (Å²) in [6, 6.07) is 0.264. The molecule has 0 aromatic rings. The van der Waals surface area contributed by atoms with E-state index in [-0.39, 0.29) is 18.6 Å². The van der Waals surface area contributed by atoms with Crippen LogP contribution in [-0.2, 0) is 9.53 Å². The van der Waals surface area contributed by atoms with E-state index in [4.69, 9.17) is 16.3 Å². The van der Waals surface area contributed by atoms with Gasteiger partial charge in [-0.25, -0.2) is 0 Å². The number of carbonyl (C=O) groups is 1. The highest BCUT2D eigenvalue weighted by atomic mass is 35.5. The van der Waals surface area contributed by atoms with E-state index in [1.165, 1.54) is 0 Å². The molecule has 2 unspecified atom stereocenters. The fourth-order valence-electron chi connectivity index (χ4n) is 1.97. The molecule has 88 valence electrons. The molecule has 1 fully saturated rings. The highest BCUT2D eigenvalue weighted by Gasteiger charge is 2.27.